The molecule has 184 valence electrons. The third-order valence-electron chi connectivity index (χ3n) is 6.64. The molecule has 0 amide bonds. The number of ether oxygens (including phenoxy) is 1. The molecule has 1 aliphatic carbocycles. The van der Waals surface area contributed by atoms with Crippen LogP contribution in [0.15, 0.2) is 48.5 Å². The second kappa shape index (κ2) is 9.06. The molecule has 0 saturated carbocycles. The highest BCUT2D eigenvalue weighted by Crippen LogP contribution is 2.40. The lowest BCUT2D eigenvalue weighted by atomic mass is 9.78. The molecule has 0 spiro atoms. The third-order valence-corrected chi connectivity index (χ3v) is 7.82. The van der Waals surface area contributed by atoms with Gasteiger partial charge in [-0.05, 0) is 41.0 Å². The monoisotopic (exact) mass is 500 g/mol. The first kappa shape index (κ1) is 24.0. The molecular weight excluding hydrogens is 473 g/mol. The van der Waals surface area contributed by atoms with Crippen molar-refractivity contribution < 1.29 is 22.7 Å². The number of anilines is 1. The highest BCUT2D eigenvalue weighted by molar-refractivity contribution is 7.17. The van der Waals surface area contributed by atoms with E-state index in [2.05, 4.69) is 18.7 Å². The number of benzene rings is 2. The van der Waals surface area contributed by atoms with Crippen molar-refractivity contribution in [1.82, 2.24) is 4.98 Å². The Morgan fingerprint density at radius 2 is 1.94 bits per heavy atom. The summed E-state index contributed by atoms with van der Waals surface area (Å²) in [4.78, 5) is 20.5. The molecule has 2 aromatic carbocycles. The van der Waals surface area contributed by atoms with Crippen LogP contribution in [-0.4, -0.2) is 36.6 Å². The van der Waals surface area contributed by atoms with E-state index in [1.165, 1.54) is 23.5 Å². The maximum atomic E-state index is 13.6. The van der Waals surface area contributed by atoms with E-state index in [-0.39, 0.29) is 22.8 Å². The summed E-state index contributed by atoms with van der Waals surface area (Å²) in [5.41, 5.74) is 1.79. The van der Waals surface area contributed by atoms with Gasteiger partial charge in [0.25, 0.3) is 0 Å². The highest BCUT2D eigenvalue weighted by atomic mass is 32.1. The molecule has 1 fully saturated rings. The van der Waals surface area contributed by atoms with E-state index >= 15 is 0 Å². The predicted octanol–water partition coefficient (Wildman–Crippen LogP) is 6.43. The molecule has 4 nitrogen and oxygen atoms in total. The van der Waals surface area contributed by atoms with Crippen LogP contribution in [0.5, 0.6) is 0 Å². The van der Waals surface area contributed by atoms with E-state index in [9.17, 15) is 18.0 Å². The van der Waals surface area contributed by atoms with Gasteiger partial charge in [0.2, 0.25) is 0 Å². The minimum atomic E-state index is -4.42. The second-order valence-electron chi connectivity index (χ2n) is 10.1. The summed E-state index contributed by atoms with van der Waals surface area (Å²) in [5, 5.41) is 0.827. The third kappa shape index (κ3) is 5.00. The van der Waals surface area contributed by atoms with Crippen molar-refractivity contribution in [2.45, 2.75) is 45.3 Å². The number of hydrogen-bond acceptors (Lipinski definition) is 5. The summed E-state index contributed by atoms with van der Waals surface area (Å²) in [6, 6.07) is 12.9. The first-order valence-electron chi connectivity index (χ1n) is 11.7. The van der Waals surface area contributed by atoms with E-state index in [0.29, 0.717) is 38.2 Å². The van der Waals surface area contributed by atoms with Crippen LogP contribution in [0.3, 0.4) is 0 Å². The summed E-state index contributed by atoms with van der Waals surface area (Å²) in [6.45, 7) is 5.90. The van der Waals surface area contributed by atoms with Gasteiger partial charge in [-0.1, -0.05) is 67.6 Å². The Morgan fingerprint density at radius 3 is 2.74 bits per heavy atom. The van der Waals surface area contributed by atoms with Crippen LogP contribution >= 0.6 is 11.3 Å². The van der Waals surface area contributed by atoms with E-state index in [1.807, 2.05) is 12.1 Å². The summed E-state index contributed by atoms with van der Waals surface area (Å²) in [7, 11) is 0. The fourth-order valence-electron chi connectivity index (χ4n) is 5.03. The molecule has 8 heteroatoms. The number of carbonyl (C=O) groups excluding carboxylic acids is 1. The fourth-order valence-corrected chi connectivity index (χ4v) is 6.14. The number of aromatic nitrogens is 1. The summed E-state index contributed by atoms with van der Waals surface area (Å²) in [5.74, 6) is 0.154. The molecule has 2 aliphatic rings. The summed E-state index contributed by atoms with van der Waals surface area (Å²) in [6.07, 6.45) is -2.51. The van der Waals surface area contributed by atoms with Gasteiger partial charge < -0.3 is 9.64 Å². The molecule has 1 atom stereocenters. The average molecular weight is 501 g/mol. The number of hydrogen-bond donors (Lipinski definition) is 0. The topological polar surface area (TPSA) is 42.4 Å². The number of fused-ring (bicyclic) bond motifs is 1. The smallest absolute Gasteiger partial charge is 0.377 e. The molecule has 1 aromatic heterocycles. The molecule has 2 heterocycles. The number of carbonyl (C=O) groups is 1. The van der Waals surface area contributed by atoms with Crippen LogP contribution in [-0.2, 0) is 23.8 Å². The number of rotatable bonds is 4. The average Bonchev–Trinajstić information content (AvgIpc) is 3.22. The Labute approximate surface area is 206 Å². The zero-order chi connectivity index (χ0) is 24.8. The van der Waals surface area contributed by atoms with Gasteiger partial charge in [-0.2, -0.15) is 13.2 Å². The van der Waals surface area contributed by atoms with E-state index in [4.69, 9.17) is 9.72 Å². The number of ketones is 1. The molecule has 0 bridgehead atoms. The maximum Gasteiger partial charge on any atom is 0.417 e. The Hall–Kier alpha value is -2.71. The SMILES string of the molecule is CC1(C)CC(=O)c2sc(N3CCOCC3Cc3cccc(-c4ccccc4C(F)(F)F)c3)nc2C1. The van der Waals surface area contributed by atoms with Gasteiger partial charge in [-0.25, -0.2) is 4.98 Å². The van der Waals surface area contributed by atoms with Crippen molar-refractivity contribution in [3.63, 3.8) is 0 Å². The molecule has 3 aromatic rings. The van der Waals surface area contributed by atoms with Crippen molar-refractivity contribution in [1.29, 1.82) is 0 Å². The lowest BCUT2D eigenvalue weighted by Gasteiger charge is -2.35. The van der Waals surface area contributed by atoms with Gasteiger partial charge in [-0.15, -0.1) is 0 Å². The lowest BCUT2D eigenvalue weighted by molar-refractivity contribution is -0.137. The summed E-state index contributed by atoms with van der Waals surface area (Å²) < 4.78 is 46.5. The van der Waals surface area contributed by atoms with Gasteiger partial charge in [-0.3, -0.25) is 4.79 Å². The number of morpholine rings is 1. The number of Topliss-reactive ketones (excluding diaryl/α,β-unsaturated/α-hetero) is 1. The number of nitrogens with zero attached hydrogens (tertiary/aromatic N) is 2. The largest absolute Gasteiger partial charge is 0.417 e. The molecule has 1 unspecified atom stereocenters. The fraction of sp³-hybridized carbons (Fsp3) is 0.407. The zero-order valence-electron chi connectivity index (χ0n) is 19.7. The first-order chi connectivity index (χ1) is 16.6. The van der Waals surface area contributed by atoms with Crippen LogP contribution in [0, 0.1) is 5.41 Å². The van der Waals surface area contributed by atoms with Gasteiger partial charge in [0, 0.05) is 13.0 Å². The standard InChI is InChI=1S/C27H27F3N2O2S/c1-26(2)14-22-24(23(33)15-26)35-25(31-22)32-10-11-34-16-19(32)13-17-6-5-7-18(12-17)20-8-3-4-9-21(20)27(28,29)30/h3-9,12,19H,10-11,13-16H2,1-2H3. The maximum absolute atomic E-state index is 13.6. The van der Waals surface area contributed by atoms with Gasteiger partial charge in [0.05, 0.1) is 35.4 Å². The van der Waals surface area contributed by atoms with Crippen LogP contribution in [0.25, 0.3) is 11.1 Å². The van der Waals surface area contributed by atoms with Gasteiger partial charge >= 0.3 is 6.18 Å². The van der Waals surface area contributed by atoms with Crippen LogP contribution < -0.4 is 4.90 Å². The van der Waals surface area contributed by atoms with E-state index in [1.54, 1.807) is 18.2 Å². The van der Waals surface area contributed by atoms with Crippen molar-refractivity contribution in [3.05, 3.63) is 70.2 Å². The Bertz CT molecular complexity index is 1250. The first-order valence-corrected chi connectivity index (χ1v) is 12.6. The molecule has 5 rings (SSSR count). The Kier molecular flexibility index (Phi) is 6.21. The number of alkyl halides is 3. The highest BCUT2D eigenvalue weighted by Gasteiger charge is 2.36. The normalized spacial score (nSPS) is 20.1. The van der Waals surface area contributed by atoms with Crippen LogP contribution in [0.4, 0.5) is 18.3 Å². The van der Waals surface area contributed by atoms with E-state index < -0.39 is 11.7 Å². The molecule has 0 radical (unpaired) electrons. The summed E-state index contributed by atoms with van der Waals surface area (Å²) >= 11 is 1.45. The van der Waals surface area contributed by atoms with Crippen LogP contribution in [0.2, 0.25) is 0 Å². The van der Waals surface area contributed by atoms with Gasteiger partial charge in [0.1, 0.15) is 0 Å². The minimum absolute atomic E-state index is 0.0208. The Morgan fingerprint density at radius 1 is 1.14 bits per heavy atom. The van der Waals surface area contributed by atoms with Crippen LogP contribution in [0.1, 0.15) is 46.8 Å². The van der Waals surface area contributed by atoms with Crippen molar-refractivity contribution in [2.24, 2.45) is 5.41 Å². The molecule has 35 heavy (non-hydrogen) atoms. The van der Waals surface area contributed by atoms with Crippen molar-refractivity contribution in [3.8, 4) is 11.1 Å². The number of halogens is 3. The lowest BCUT2D eigenvalue weighted by Crippen LogP contribution is -2.46. The van der Waals surface area contributed by atoms with Gasteiger partial charge in [0.15, 0.2) is 10.9 Å². The quantitative estimate of drug-likeness (QED) is 0.414. The molecule has 0 N–H and O–H groups in total. The van der Waals surface area contributed by atoms with Crippen molar-refractivity contribution in [2.75, 3.05) is 24.7 Å². The molecular formula is C27H27F3N2O2S. The van der Waals surface area contributed by atoms with Crippen molar-refractivity contribution >= 4 is 22.3 Å². The predicted molar refractivity (Wildman–Crippen MR) is 131 cm³/mol. The second-order valence-corrected chi connectivity index (χ2v) is 11.1. The molecule has 1 aliphatic heterocycles. The minimum Gasteiger partial charge on any atom is -0.377 e. The van der Waals surface area contributed by atoms with E-state index in [0.717, 1.165) is 33.8 Å². The Balaban J connectivity index is 1.42. The zero-order valence-corrected chi connectivity index (χ0v) is 20.5. The number of thiazole rings is 1. The molecule has 1 saturated heterocycles.